The molecule has 13 heteroatoms. The van der Waals surface area contributed by atoms with Crippen molar-refractivity contribution >= 4 is 29.6 Å². The number of amides is 4. The first-order chi connectivity index (χ1) is 22.2. The minimum atomic E-state index is -1.20. The highest BCUT2D eigenvalue weighted by Crippen LogP contribution is 2.22. The minimum Gasteiger partial charge on any atom is -0.508 e. The van der Waals surface area contributed by atoms with Gasteiger partial charge in [-0.05, 0) is 72.9 Å². The van der Waals surface area contributed by atoms with Crippen LogP contribution >= 0.6 is 0 Å². The molecule has 0 aliphatic carbocycles. The summed E-state index contributed by atoms with van der Waals surface area (Å²) in [5.74, 6) is -3.70. The maximum absolute atomic E-state index is 13.8. The van der Waals surface area contributed by atoms with Crippen LogP contribution in [-0.2, 0) is 36.8 Å². The van der Waals surface area contributed by atoms with Crippen molar-refractivity contribution in [3.05, 3.63) is 59.7 Å². The first-order valence-corrected chi connectivity index (χ1v) is 15.9. The molecule has 0 bridgehead atoms. The van der Waals surface area contributed by atoms with Crippen molar-refractivity contribution in [3.63, 3.8) is 0 Å². The van der Waals surface area contributed by atoms with Gasteiger partial charge < -0.3 is 41.9 Å². The largest absolute Gasteiger partial charge is 0.508 e. The average molecular weight is 654 g/mol. The molecule has 13 nitrogen and oxygen atoms in total. The number of carboxylic acids is 1. The number of rotatable bonds is 15. The number of hydrogen-bond acceptors (Lipinski definition) is 8. The molecule has 47 heavy (non-hydrogen) atoms. The zero-order valence-corrected chi connectivity index (χ0v) is 27.3. The third-order valence-electron chi connectivity index (χ3n) is 8.13. The summed E-state index contributed by atoms with van der Waals surface area (Å²) < 4.78 is 0. The Balaban J connectivity index is 1.75. The molecular weight excluding hydrogens is 606 g/mol. The Bertz CT molecular complexity index is 1400. The Hall–Kier alpha value is -4.65. The van der Waals surface area contributed by atoms with E-state index in [9.17, 15) is 39.3 Å². The van der Waals surface area contributed by atoms with Crippen LogP contribution in [0.4, 0.5) is 0 Å². The predicted octanol–water partition coefficient (Wildman–Crippen LogP) is 1.44. The Morgan fingerprint density at radius 1 is 0.809 bits per heavy atom. The number of carbonyl (C=O) groups excluding carboxylic acids is 4. The topological polar surface area (TPSA) is 211 Å². The van der Waals surface area contributed by atoms with Crippen molar-refractivity contribution in [1.82, 2.24) is 20.9 Å². The molecule has 2 aromatic carbocycles. The van der Waals surface area contributed by atoms with Crippen molar-refractivity contribution < 1.29 is 39.3 Å². The van der Waals surface area contributed by atoms with Crippen LogP contribution in [0.2, 0.25) is 0 Å². The Kier molecular flexibility index (Phi) is 13.1. The highest BCUT2D eigenvalue weighted by Gasteiger charge is 2.40. The van der Waals surface area contributed by atoms with Gasteiger partial charge in [0, 0.05) is 13.0 Å². The lowest BCUT2D eigenvalue weighted by atomic mass is 10.00. The van der Waals surface area contributed by atoms with Gasteiger partial charge in [0.05, 0.1) is 6.04 Å². The normalized spacial score (nSPS) is 17.1. The molecule has 0 radical (unpaired) electrons. The number of hydrogen-bond donors (Lipinski definition) is 7. The molecule has 0 saturated carbocycles. The highest BCUT2D eigenvalue weighted by atomic mass is 16.4. The van der Waals surface area contributed by atoms with Gasteiger partial charge in [0.25, 0.3) is 0 Å². The Morgan fingerprint density at radius 3 is 1.87 bits per heavy atom. The summed E-state index contributed by atoms with van der Waals surface area (Å²) in [5.41, 5.74) is 7.50. The SMILES string of the molecule is CC(C)CC(NC(=O)C(Cc1ccc(O)cc1)NC(=O)C1CCCN1C(=O)C(NC(=O)C(N)Cc1ccc(O)cc1)C(C)C)C(=O)O. The molecule has 1 fully saturated rings. The number of aromatic hydroxyl groups is 2. The number of carbonyl (C=O) groups is 5. The van der Waals surface area contributed by atoms with E-state index in [0.29, 0.717) is 18.4 Å². The van der Waals surface area contributed by atoms with E-state index in [1.54, 1.807) is 38.1 Å². The Morgan fingerprint density at radius 2 is 1.36 bits per heavy atom. The molecule has 3 rings (SSSR count). The maximum atomic E-state index is 13.8. The second-order valence-corrected chi connectivity index (χ2v) is 12.9. The minimum absolute atomic E-state index is 0.0101. The standard InChI is InChI=1S/C34H47N5O8/c1-19(2)16-27(34(46)47)37-31(43)26(18-22-9-13-24(41)14-10-22)36-32(44)28-6-5-15-39(28)33(45)29(20(3)4)38-30(42)25(35)17-21-7-11-23(40)12-8-21/h7-14,19-20,25-29,40-41H,5-6,15-18,35H2,1-4H3,(H,36,44)(H,37,43)(H,38,42)(H,46,47). The fourth-order valence-electron chi connectivity index (χ4n) is 5.54. The highest BCUT2D eigenvalue weighted by molar-refractivity contribution is 5.96. The third kappa shape index (κ3) is 10.7. The average Bonchev–Trinajstić information content (AvgIpc) is 3.51. The van der Waals surface area contributed by atoms with E-state index in [4.69, 9.17) is 5.73 Å². The van der Waals surface area contributed by atoms with Crippen LogP contribution in [0.3, 0.4) is 0 Å². The van der Waals surface area contributed by atoms with E-state index >= 15 is 0 Å². The number of nitrogens with zero attached hydrogens (tertiary/aromatic N) is 1. The fraction of sp³-hybridized carbons (Fsp3) is 0.500. The van der Waals surface area contributed by atoms with Crippen molar-refractivity contribution in [2.75, 3.05) is 6.54 Å². The summed E-state index contributed by atoms with van der Waals surface area (Å²) >= 11 is 0. The fourth-order valence-corrected chi connectivity index (χ4v) is 5.54. The lowest BCUT2D eigenvalue weighted by molar-refractivity contribution is -0.144. The molecule has 1 aliphatic rings. The molecule has 5 atom stereocenters. The van der Waals surface area contributed by atoms with E-state index in [2.05, 4.69) is 16.0 Å². The molecule has 1 saturated heterocycles. The van der Waals surface area contributed by atoms with Gasteiger partial charge in [0.15, 0.2) is 0 Å². The molecule has 256 valence electrons. The monoisotopic (exact) mass is 653 g/mol. The van der Waals surface area contributed by atoms with Gasteiger partial charge in [0.2, 0.25) is 23.6 Å². The summed E-state index contributed by atoms with van der Waals surface area (Å²) in [6.45, 7) is 7.47. The molecule has 5 unspecified atom stereocenters. The molecular formula is C34H47N5O8. The number of nitrogens with two attached hydrogens (primary N) is 1. The van der Waals surface area contributed by atoms with Crippen LogP contribution in [0.15, 0.2) is 48.5 Å². The summed E-state index contributed by atoms with van der Waals surface area (Å²) in [6, 6.07) is 7.19. The van der Waals surface area contributed by atoms with E-state index in [0.717, 1.165) is 5.56 Å². The zero-order valence-electron chi connectivity index (χ0n) is 27.3. The summed E-state index contributed by atoms with van der Waals surface area (Å²) in [4.78, 5) is 67.2. The number of carboxylic acid groups (broad SMARTS) is 1. The number of phenolic OH excluding ortho intramolecular Hbond substituents is 2. The summed E-state index contributed by atoms with van der Waals surface area (Å²) in [6.07, 6.45) is 1.23. The van der Waals surface area contributed by atoms with Gasteiger partial charge in [-0.2, -0.15) is 0 Å². The van der Waals surface area contributed by atoms with Crippen LogP contribution in [0, 0.1) is 11.8 Å². The third-order valence-corrected chi connectivity index (χ3v) is 8.13. The maximum Gasteiger partial charge on any atom is 0.326 e. The molecule has 8 N–H and O–H groups in total. The van der Waals surface area contributed by atoms with Crippen molar-refractivity contribution in [2.45, 2.75) is 90.0 Å². The van der Waals surface area contributed by atoms with E-state index < -0.39 is 59.8 Å². The smallest absolute Gasteiger partial charge is 0.326 e. The van der Waals surface area contributed by atoms with Crippen molar-refractivity contribution in [1.29, 1.82) is 0 Å². The van der Waals surface area contributed by atoms with Gasteiger partial charge >= 0.3 is 5.97 Å². The quantitative estimate of drug-likeness (QED) is 0.148. The second kappa shape index (κ2) is 16.8. The first-order valence-electron chi connectivity index (χ1n) is 15.9. The number of likely N-dealkylation sites (tertiary alicyclic amines) is 1. The van der Waals surface area contributed by atoms with Gasteiger partial charge in [-0.3, -0.25) is 19.2 Å². The van der Waals surface area contributed by atoms with Crippen molar-refractivity contribution in [3.8, 4) is 11.5 Å². The second-order valence-electron chi connectivity index (χ2n) is 12.9. The Labute approximate surface area is 274 Å². The van der Waals surface area contributed by atoms with E-state index in [1.165, 1.54) is 29.2 Å². The molecule has 1 aliphatic heterocycles. The molecule has 4 amide bonds. The summed E-state index contributed by atoms with van der Waals surface area (Å²) in [5, 5.41) is 36.9. The van der Waals surface area contributed by atoms with Crippen LogP contribution in [-0.4, -0.2) is 86.6 Å². The molecule has 0 spiro atoms. The van der Waals surface area contributed by atoms with Gasteiger partial charge in [-0.15, -0.1) is 0 Å². The van der Waals surface area contributed by atoms with Crippen LogP contribution < -0.4 is 21.7 Å². The number of benzene rings is 2. The number of nitrogens with one attached hydrogen (secondary N) is 3. The van der Waals surface area contributed by atoms with Crippen LogP contribution in [0.1, 0.15) is 58.1 Å². The van der Waals surface area contributed by atoms with Gasteiger partial charge in [-0.1, -0.05) is 52.0 Å². The van der Waals surface area contributed by atoms with Gasteiger partial charge in [0.1, 0.15) is 35.7 Å². The van der Waals surface area contributed by atoms with Crippen LogP contribution in [0.5, 0.6) is 11.5 Å². The number of aliphatic carboxylic acids is 1. The van der Waals surface area contributed by atoms with Crippen LogP contribution in [0.25, 0.3) is 0 Å². The van der Waals surface area contributed by atoms with Gasteiger partial charge in [-0.25, -0.2) is 4.79 Å². The molecule has 1 heterocycles. The first kappa shape index (κ1) is 36.8. The summed E-state index contributed by atoms with van der Waals surface area (Å²) in [7, 11) is 0. The molecule has 0 aromatic heterocycles. The lowest BCUT2D eigenvalue weighted by Crippen LogP contribution is -2.59. The zero-order chi connectivity index (χ0) is 34.8. The van der Waals surface area contributed by atoms with Crippen molar-refractivity contribution in [2.24, 2.45) is 17.6 Å². The van der Waals surface area contributed by atoms with E-state index in [1.807, 2.05) is 13.8 Å². The predicted molar refractivity (Wildman–Crippen MR) is 174 cm³/mol. The molecule has 2 aromatic rings. The number of phenols is 2. The lowest BCUT2D eigenvalue weighted by Gasteiger charge is -2.32. The van der Waals surface area contributed by atoms with E-state index in [-0.39, 0.29) is 49.1 Å².